The van der Waals surface area contributed by atoms with Crippen LogP contribution in [0.5, 0.6) is 0 Å². The van der Waals surface area contributed by atoms with Crippen molar-refractivity contribution < 1.29 is 9.59 Å². The van der Waals surface area contributed by atoms with Crippen molar-refractivity contribution in [2.45, 2.75) is 32.1 Å². The standard InChI is InChI=1S/C16H20N4O2S/c17-8-12-11-2-1-3-13(11)23-16(12)19-14(21)5-7-20-6-4-10(9-20)15(18)22/h10H,1-7,9H2,(H2,18,22)(H,19,21)/t10-/m0/s1. The van der Waals surface area contributed by atoms with E-state index in [1.165, 1.54) is 16.2 Å². The molecule has 1 atom stereocenters. The van der Waals surface area contributed by atoms with Crippen LogP contribution in [0.1, 0.15) is 35.3 Å². The van der Waals surface area contributed by atoms with Crippen LogP contribution in [-0.2, 0) is 22.4 Å². The average molecular weight is 332 g/mol. The minimum atomic E-state index is -0.260. The van der Waals surface area contributed by atoms with Crippen molar-refractivity contribution in [1.29, 1.82) is 5.26 Å². The van der Waals surface area contributed by atoms with E-state index in [1.54, 1.807) is 0 Å². The number of amides is 2. The Labute approximate surface area is 139 Å². The lowest BCUT2D eigenvalue weighted by Gasteiger charge is -2.14. The zero-order valence-corrected chi connectivity index (χ0v) is 13.7. The zero-order valence-electron chi connectivity index (χ0n) is 12.9. The number of hydrogen-bond acceptors (Lipinski definition) is 5. The highest BCUT2D eigenvalue weighted by molar-refractivity contribution is 7.16. The van der Waals surface area contributed by atoms with Crippen molar-refractivity contribution in [3.63, 3.8) is 0 Å². The van der Waals surface area contributed by atoms with Gasteiger partial charge in [-0.1, -0.05) is 0 Å². The van der Waals surface area contributed by atoms with Crippen LogP contribution in [0.4, 0.5) is 5.00 Å². The van der Waals surface area contributed by atoms with E-state index < -0.39 is 0 Å². The third-order valence-corrected chi connectivity index (χ3v) is 5.82. The van der Waals surface area contributed by atoms with E-state index in [-0.39, 0.29) is 17.7 Å². The largest absolute Gasteiger partial charge is 0.369 e. The second kappa shape index (κ2) is 6.69. The molecule has 0 bridgehead atoms. The monoisotopic (exact) mass is 332 g/mol. The van der Waals surface area contributed by atoms with Gasteiger partial charge in [-0.05, 0) is 37.8 Å². The van der Waals surface area contributed by atoms with Crippen molar-refractivity contribution in [2.75, 3.05) is 25.0 Å². The van der Waals surface area contributed by atoms with E-state index in [0.717, 1.165) is 37.8 Å². The Balaban J connectivity index is 1.53. The summed E-state index contributed by atoms with van der Waals surface area (Å²) in [5, 5.41) is 12.9. The fourth-order valence-electron chi connectivity index (χ4n) is 3.33. The highest BCUT2D eigenvalue weighted by Crippen LogP contribution is 2.38. The molecule has 6 nitrogen and oxygen atoms in total. The third kappa shape index (κ3) is 3.38. The van der Waals surface area contributed by atoms with Crippen molar-refractivity contribution in [1.82, 2.24) is 4.90 Å². The molecule has 1 fully saturated rings. The molecule has 1 aliphatic heterocycles. The molecule has 1 saturated heterocycles. The number of primary amides is 1. The fourth-order valence-corrected chi connectivity index (χ4v) is 4.58. The molecule has 1 aromatic rings. The zero-order chi connectivity index (χ0) is 16.4. The van der Waals surface area contributed by atoms with Gasteiger partial charge in [0.05, 0.1) is 11.5 Å². The van der Waals surface area contributed by atoms with Gasteiger partial charge in [0.1, 0.15) is 11.1 Å². The van der Waals surface area contributed by atoms with E-state index in [0.29, 0.717) is 30.1 Å². The molecule has 0 saturated carbocycles. The maximum absolute atomic E-state index is 12.1. The summed E-state index contributed by atoms with van der Waals surface area (Å²) in [6, 6.07) is 2.23. The summed E-state index contributed by atoms with van der Waals surface area (Å²) in [6.07, 6.45) is 4.17. The number of carbonyl (C=O) groups is 2. The van der Waals surface area contributed by atoms with Gasteiger partial charge in [0.15, 0.2) is 0 Å². The van der Waals surface area contributed by atoms with Crippen molar-refractivity contribution in [3.05, 3.63) is 16.0 Å². The Hall–Kier alpha value is -1.91. The Morgan fingerprint density at radius 1 is 1.43 bits per heavy atom. The van der Waals surface area contributed by atoms with Crippen LogP contribution in [-0.4, -0.2) is 36.3 Å². The highest BCUT2D eigenvalue weighted by atomic mass is 32.1. The van der Waals surface area contributed by atoms with Gasteiger partial charge < -0.3 is 16.0 Å². The summed E-state index contributed by atoms with van der Waals surface area (Å²) in [5.74, 6) is -0.434. The number of nitrogens with zero attached hydrogens (tertiary/aromatic N) is 2. The van der Waals surface area contributed by atoms with E-state index in [1.807, 2.05) is 0 Å². The van der Waals surface area contributed by atoms with Crippen molar-refractivity contribution >= 4 is 28.2 Å². The highest BCUT2D eigenvalue weighted by Gasteiger charge is 2.27. The third-order valence-electron chi connectivity index (χ3n) is 4.62. The Bertz CT molecular complexity index is 676. The van der Waals surface area contributed by atoms with Gasteiger partial charge in [-0.2, -0.15) is 5.26 Å². The molecule has 0 unspecified atom stereocenters. The molecule has 2 amide bonds. The summed E-state index contributed by atoms with van der Waals surface area (Å²) in [5.41, 5.74) is 7.08. The Kier molecular flexibility index (Phi) is 4.64. The number of aryl methyl sites for hydroxylation is 1. The van der Waals surface area contributed by atoms with Crippen molar-refractivity contribution in [3.8, 4) is 6.07 Å². The summed E-state index contributed by atoms with van der Waals surface area (Å²) in [7, 11) is 0. The molecule has 2 aliphatic rings. The van der Waals surface area contributed by atoms with Gasteiger partial charge in [-0.15, -0.1) is 11.3 Å². The number of likely N-dealkylation sites (tertiary alicyclic amines) is 1. The van der Waals surface area contributed by atoms with Gasteiger partial charge in [0.2, 0.25) is 11.8 Å². The molecular formula is C16H20N4O2S. The van der Waals surface area contributed by atoms with E-state index in [4.69, 9.17) is 5.73 Å². The summed E-state index contributed by atoms with van der Waals surface area (Å²) >= 11 is 1.53. The predicted octanol–water partition coefficient (Wildman–Crippen LogP) is 1.24. The molecule has 3 N–H and O–H groups in total. The molecule has 0 aromatic carbocycles. The number of thiophene rings is 1. The van der Waals surface area contributed by atoms with Gasteiger partial charge >= 0.3 is 0 Å². The number of rotatable bonds is 5. The molecule has 122 valence electrons. The SMILES string of the molecule is N#Cc1c(NC(=O)CCN2CC[C@H](C(N)=O)C2)sc2c1CCC2. The number of fused-ring (bicyclic) bond motifs is 1. The lowest BCUT2D eigenvalue weighted by Crippen LogP contribution is -2.29. The summed E-state index contributed by atoms with van der Waals surface area (Å²) < 4.78 is 0. The molecular weight excluding hydrogens is 312 g/mol. The van der Waals surface area contributed by atoms with Crippen molar-refractivity contribution in [2.24, 2.45) is 11.7 Å². The second-order valence-electron chi connectivity index (χ2n) is 6.16. The van der Waals surface area contributed by atoms with Gasteiger partial charge in [-0.3, -0.25) is 9.59 Å². The molecule has 1 aromatic heterocycles. The minimum absolute atomic E-state index is 0.0797. The Morgan fingerprint density at radius 3 is 2.96 bits per heavy atom. The molecule has 3 rings (SSSR count). The summed E-state index contributed by atoms with van der Waals surface area (Å²) in [6.45, 7) is 2.06. The maximum atomic E-state index is 12.1. The van der Waals surface area contributed by atoms with E-state index in [9.17, 15) is 14.9 Å². The molecule has 0 radical (unpaired) electrons. The fraction of sp³-hybridized carbons (Fsp3) is 0.562. The number of nitrogens with one attached hydrogen (secondary N) is 1. The Morgan fingerprint density at radius 2 is 2.26 bits per heavy atom. The number of carbonyl (C=O) groups excluding carboxylic acids is 2. The number of nitrogens with two attached hydrogens (primary N) is 1. The van der Waals surface area contributed by atoms with Crippen LogP contribution in [0, 0.1) is 17.2 Å². The van der Waals surface area contributed by atoms with Crippen LogP contribution in [0.15, 0.2) is 0 Å². The maximum Gasteiger partial charge on any atom is 0.226 e. The van der Waals surface area contributed by atoms with Crippen LogP contribution < -0.4 is 11.1 Å². The van der Waals surface area contributed by atoms with Crippen LogP contribution in [0.25, 0.3) is 0 Å². The number of nitriles is 1. The van der Waals surface area contributed by atoms with E-state index in [2.05, 4.69) is 16.3 Å². The molecule has 7 heteroatoms. The quantitative estimate of drug-likeness (QED) is 0.847. The van der Waals surface area contributed by atoms with Gasteiger partial charge in [-0.25, -0.2) is 0 Å². The lowest BCUT2D eigenvalue weighted by atomic mass is 10.1. The van der Waals surface area contributed by atoms with Crippen LogP contribution >= 0.6 is 11.3 Å². The first-order valence-corrected chi connectivity index (χ1v) is 8.76. The average Bonchev–Trinajstić information content (AvgIpc) is 3.20. The normalized spacial score (nSPS) is 20.2. The van der Waals surface area contributed by atoms with Gasteiger partial charge in [0.25, 0.3) is 0 Å². The molecule has 1 aliphatic carbocycles. The molecule has 0 spiro atoms. The molecule has 2 heterocycles. The second-order valence-corrected chi connectivity index (χ2v) is 7.27. The number of anilines is 1. The first-order chi connectivity index (χ1) is 11.1. The topological polar surface area (TPSA) is 99.2 Å². The number of hydrogen-bond donors (Lipinski definition) is 2. The molecule has 23 heavy (non-hydrogen) atoms. The first kappa shape index (κ1) is 16.0. The first-order valence-electron chi connectivity index (χ1n) is 7.94. The summed E-state index contributed by atoms with van der Waals surface area (Å²) in [4.78, 5) is 26.6. The predicted molar refractivity (Wildman–Crippen MR) is 88.0 cm³/mol. The lowest BCUT2D eigenvalue weighted by molar-refractivity contribution is -0.121. The van der Waals surface area contributed by atoms with E-state index >= 15 is 0 Å². The van der Waals surface area contributed by atoms with Crippen LogP contribution in [0.2, 0.25) is 0 Å². The van der Waals surface area contributed by atoms with Crippen LogP contribution in [0.3, 0.4) is 0 Å². The van der Waals surface area contributed by atoms with Gasteiger partial charge in [0, 0.05) is 24.4 Å². The smallest absolute Gasteiger partial charge is 0.226 e. The minimum Gasteiger partial charge on any atom is -0.369 e.